The van der Waals surface area contributed by atoms with Gasteiger partial charge in [-0.15, -0.1) is 0 Å². The smallest absolute Gasteiger partial charge is 0.191 e. The van der Waals surface area contributed by atoms with Crippen LogP contribution in [-0.4, -0.2) is 29.7 Å². The molecule has 0 radical (unpaired) electrons. The Hall–Kier alpha value is -0.380. The van der Waals surface area contributed by atoms with Crippen LogP contribution in [0.5, 0.6) is 0 Å². The van der Waals surface area contributed by atoms with E-state index in [0.29, 0.717) is 28.8 Å². The zero-order valence-electron chi connectivity index (χ0n) is 19.4. The minimum Gasteiger partial charge on any atom is -0.393 e. The third kappa shape index (κ3) is 2.55. The maximum Gasteiger partial charge on any atom is 0.191 e. The molecule has 3 heteroatoms. The van der Waals surface area contributed by atoms with E-state index in [9.17, 15) is 5.11 Å². The van der Waals surface area contributed by atoms with E-state index in [1.807, 2.05) is 0 Å². The van der Waals surface area contributed by atoms with Crippen molar-refractivity contribution in [3.63, 3.8) is 0 Å². The molecule has 0 aromatic carbocycles. The van der Waals surface area contributed by atoms with Crippen LogP contribution in [0.25, 0.3) is 0 Å². The molecule has 1 N–H and O–H groups in total. The fourth-order valence-electron chi connectivity index (χ4n) is 9.74. The molecule has 6 aliphatic rings. The third-order valence-electron chi connectivity index (χ3n) is 11.4. The zero-order valence-corrected chi connectivity index (χ0v) is 19.4. The maximum atomic E-state index is 10.3. The Morgan fingerprint density at radius 3 is 2.50 bits per heavy atom. The van der Waals surface area contributed by atoms with Gasteiger partial charge < -0.3 is 14.6 Å². The fraction of sp³-hybridized carbons (Fsp3) is 0.926. The minimum atomic E-state index is -0.476. The van der Waals surface area contributed by atoms with Crippen LogP contribution < -0.4 is 0 Å². The molecule has 6 fully saturated rings. The Balaban J connectivity index is 1.27. The molecule has 2 unspecified atom stereocenters. The van der Waals surface area contributed by atoms with E-state index in [1.54, 1.807) is 0 Å². The summed E-state index contributed by atoms with van der Waals surface area (Å²) in [6.07, 6.45) is 12.3. The van der Waals surface area contributed by atoms with E-state index < -0.39 is 5.79 Å². The SMILES string of the molecule is C=C1[C@H]2[C@H](C[C@H]3[C@@H]4CCC5C[C@@H](O)CC[C@]5(C)[C@H]4CC[C@@]32C)O[C@]12CCC(C)CO2. The Kier molecular flexibility index (Phi) is 4.44. The average Bonchev–Trinajstić information content (AvgIpc) is 3.16. The Labute approximate surface area is 183 Å². The van der Waals surface area contributed by atoms with E-state index in [-0.39, 0.29) is 6.10 Å². The van der Waals surface area contributed by atoms with Gasteiger partial charge in [-0.25, -0.2) is 0 Å². The summed E-state index contributed by atoms with van der Waals surface area (Å²) in [5, 5.41) is 10.3. The Bertz CT molecular complexity index is 724. The molecule has 0 aromatic heterocycles. The standard InChI is InChI=1S/C27H42O3/c1-16-7-12-27(29-15-16)17(2)24-23(30-27)14-22-20-6-5-18-13-19(28)8-10-25(18,3)21(20)9-11-26(22,24)4/h16,18-24,28H,2,5-15H2,1,3-4H3/t16?,18?,19-,20+,21-,22-,23-,24-,25-,26-,27+/m0/s1. The zero-order chi connectivity index (χ0) is 20.9. The van der Waals surface area contributed by atoms with Crippen LogP contribution in [-0.2, 0) is 9.47 Å². The maximum absolute atomic E-state index is 10.3. The molecule has 0 bridgehead atoms. The highest BCUT2D eigenvalue weighted by molar-refractivity contribution is 5.28. The van der Waals surface area contributed by atoms with Crippen LogP contribution in [0.3, 0.4) is 0 Å². The molecule has 6 rings (SSSR count). The molecule has 30 heavy (non-hydrogen) atoms. The molecule has 2 aliphatic heterocycles. The van der Waals surface area contributed by atoms with Gasteiger partial charge >= 0.3 is 0 Å². The molecule has 2 saturated heterocycles. The second-order valence-electron chi connectivity index (χ2n) is 12.7. The Morgan fingerprint density at radius 2 is 1.73 bits per heavy atom. The van der Waals surface area contributed by atoms with E-state index in [4.69, 9.17) is 9.47 Å². The molecule has 11 atom stereocenters. The van der Waals surface area contributed by atoms with Gasteiger partial charge in [0.05, 0.1) is 18.8 Å². The van der Waals surface area contributed by atoms with Crippen LogP contribution in [0.1, 0.15) is 85.0 Å². The van der Waals surface area contributed by atoms with Crippen molar-refractivity contribution < 1.29 is 14.6 Å². The van der Waals surface area contributed by atoms with Gasteiger partial charge in [-0.2, -0.15) is 0 Å². The van der Waals surface area contributed by atoms with Gasteiger partial charge in [0, 0.05) is 12.3 Å². The van der Waals surface area contributed by atoms with E-state index in [0.717, 1.165) is 49.5 Å². The summed E-state index contributed by atoms with van der Waals surface area (Å²) in [5.41, 5.74) is 2.06. The highest BCUT2D eigenvalue weighted by Crippen LogP contribution is 2.71. The van der Waals surface area contributed by atoms with Gasteiger partial charge in [0.25, 0.3) is 0 Å². The summed E-state index contributed by atoms with van der Waals surface area (Å²) in [6, 6.07) is 0. The third-order valence-corrected chi connectivity index (χ3v) is 11.4. The number of aliphatic hydroxyl groups excluding tert-OH is 1. The van der Waals surface area contributed by atoms with Gasteiger partial charge in [-0.05, 0) is 104 Å². The Morgan fingerprint density at radius 1 is 0.933 bits per heavy atom. The first-order valence-electron chi connectivity index (χ1n) is 13.0. The predicted octanol–water partition coefficient (Wildman–Crippen LogP) is 5.71. The molecule has 4 saturated carbocycles. The number of ether oxygens (including phenoxy) is 2. The molecular weight excluding hydrogens is 372 g/mol. The summed E-state index contributed by atoms with van der Waals surface area (Å²) in [4.78, 5) is 0. The van der Waals surface area contributed by atoms with Crippen LogP contribution in [0.4, 0.5) is 0 Å². The quantitative estimate of drug-likeness (QED) is 0.516. The van der Waals surface area contributed by atoms with Crippen molar-refractivity contribution in [1.29, 1.82) is 0 Å². The lowest BCUT2D eigenvalue weighted by Gasteiger charge is -2.61. The summed E-state index contributed by atoms with van der Waals surface area (Å²) >= 11 is 0. The van der Waals surface area contributed by atoms with Crippen molar-refractivity contribution in [3.8, 4) is 0 Å². The molecule has 4 aliphatic carbocycles. The normalized spacial score (nSPS) is 60.1. The van der Waals surface area contributed by atoms with E-state index >= 15 is 0 Å². The van der Waals surface area contributed by atoms with E-state index in [1.165, 1.54) is 50.5 Å². The number of rotatable bonds is 0. The van der Waals surface area contributed by atoms with Crippen molar-refractivity contribution in [3.05, 3.63) is 12.2 Å². The van der Waals surface area contributed by atoms with Crippen LogP contribution in [0.2, 0.25) is 0 Å². The van der Waals surface area contributed by atoms with Gasteiger partial charge in [0.1, 0.15) is 0 Å². The number of fused-ring (bicyclic) bond motifs is 7. The molecule has 3 nitrogen and oxygen atoms in total. The van der Waals surface area contributed by atoms with Crippen LogP contribution in [0.15, 0.2) is 12.2 Å². The molecular formula is C27H42O3. The number of hydrogen-bond donors (Lipinski definition) is 1. The first-order chi connectivity index (χ1) is 14.3. The molecule has 1 spiro atoms. The van der Waals surface area contributed by atoms with Gasteiger partial charge in [-0.3, -0.25) is 0 Å². The summed E-state index contributed by atoms with van der Waals surface area (Å²) < 4.78 is 13.2. The lowest BCUT2D eigenvalue weighted by molar-refractivity contribution is -0.237. The molecule has 2 heterocycles. The molecule has 0 aromatic rings. The fourth-order valence-corrected chi connectivity index (χ4v) is 9.74. The van der Waals surface area contributed by atoms with Crippen molar-refractivity contribution >= 4 is 0 Å². The number of aliphatic hydroxyl groups is 1. The van der Waals surface area contributed by atoms with Gasteiger partial charge in [0.15, 0.2) is 5.79 Å². The molecule has 168 valence electrons. The first-order valence-corrected chi connectivity index (χ1v) is 13.0. The van der Waals surface area contributed by atoms with Crippen LogP contribution in [0, 0.1) is 46.3 Å². The van der Waals surface area contributed by atoms with Crippen LogP contribution >= 0.6 is 0 Å². The minimum absolute atomic E-state index is 0.0505. The second kappa shape index (κ2) is 6.58. The monoisotopic (exact) mass is 414 g/mol. The van der Waals surface area contributed by atoms with Crippen molar-refractivity contribution in [2.45, 2.75) is 103 Å². The largest absolute Gasteiger partial charge is 0.393 e. The predicted molar refractivity (Wildman–Crippen MR) is 118 cm³/mol. The van der Waals surface area contributed by atoms with Gasteiger partial charge in [0.2, 0.25) is 0 Å². The van der Waals surface area contributed by atoms with Crippen molar-refractivity contribution in [2.24, 2.45) is 46.3 Å². The second-order valence-corrected chi connectivity index (χ2v) is 12.7. The topological polar surface area (TPSA) is 38.7 Å². The highest BCUT2D eigenvalue weighted by atomic mass is 16.7. The number of hydrogen-bond acceptors (Lipinski definition) is 3. The summed E-state index contributed by atoms with van der Waals surface area (Å²) in [7, 11) is 0. The average molecular weight is 415 g/mol. The summed E-state index contributed by atoms with van der Waals surface area (Å²) in [6.45, 7) is 12.9. The lowest BCUT2D eigenvalue weighted by atomic mass is 9.44. The van der Waals surface area contributed by atoms with E-state index in [2.05, 4.69) is 27.4 Å². The lowest BCUT2D eigenvalue weighted by Crippen LogP contribution is -2.54. The van der Waals surface area contributed by atoms with Crippen molar-refractivity contribution in [1.82, 2.24) is 0 Å². The highest BCUT2D eigenvalue weighted by Gasteiger charge is 2.68. The molecule has 0 amide bonds. The van der Waals surface area contributed by atoms with Crippen molar-refractivity contribution in [2.75, 3.05) is 6.61 Å². The summed E-state index contributed by atoms with van der Waals surface area (Å²) in [5.74, 6) is 3.83. The van der Waals surface area contributed by atoms with Gasteiger partial charge in [-0.1, -0.05) is 27.4 Å². The first kappa shape index (κ1) is 20.2.